The normalized spacial score (nSPS) is 11.9. The Bertz CT molecular complexity index is 513. The number of nitrogens with two attached hydrogens (primary N) is 1. The summed E-state index contributed by atoms with van der Waals surface area (Å²) in [4.78, 5) is 4.07. The molecular weight excluding hydrogens is 292 g/mol. The van der Waals surface area contributed by atoms with Crippen molar-refractivity contribution in [3.05, 3.63) is 52.6 Å². The van der Waals surface area contributed by atoms with Crippen molar-refractivity contribution < 1.29 is 0 Å². The molecule has 5 heteroatoms. The summed E-state index contributed by atoms with van der Waals surface area (Å²) < 4.78 is 1.08. The first kappa shape index (κ1) is 12.9. The van der Waals surface area contributed by atoms with E-state index in [0.717, 1.165) is 10.2 Å². The van der Waals surface area contributed by atoms with Crippen LogP contribution in [0.4, 0.5) is 11.5 Å². The third-order valence-electron chi connectivity index (χ3n) is 2.66. The van der Waals surface area contributed by atoms with Gasteiger partial charge < -0.3 is 10.7 Å². The highest BCUT2D eigenvalue weighted by molar-refractivity contribution is 9.10. The molecule has 0 amide bonds. The summed E-state index contributed by atoms with van der Waals surface area (Å²) in [5.74, 6) is 5.97. The highest BCUT2D eigenvalue weighted by Gasteiger charge is 2.05. The summed E-state index contributed by atoms with van der Waals surface area (Å²) in [6.07, 6.45) is 1.71. The van der Waals surface area contributed by atoms with Crippen LogP contribution in [0.25, 0.3) is 0 Å². The number of halogens is 1. The Morgan fingerprint density at radius 2 is 1.94 bits per heavy atom. The predicted octanol–water partition coefficient (Wildman–Crippen LogP) is 3.30. The number of anilines is 2. The number of aromatic nitrogens is 1. The van der Waals surface area contributed by atoms with Gasteiger partial charge in [0.05, 0.1) is 0 Å². The monoisotopic (exact) mass is 306 g/mol. The Labute approximate surface area is 115 Å². The molecule has 4 nitrogen and oxygen atoms in total. The molecule has 94 valence electrons. The third-order valence-corrected chi connectivity index (χ3v) is 3.19. The number of nitrogen functional groups attached to an aromatic ring is 1. The van der Waals surface area contributed by atoms with Crippen molar-refractivity contribution in [3.8, 4) is 0 Å². The largest absolute Gasteiger partial charge is 0.378 e. The predicted molar refractivity (Wildman–Crippen MR) is 78.2 cm³/mol. The molecule has 0 radical (unpaired) electrons. The maximum Gasteiger partial charge on any atom is 0.141 e. The Kier molecular flexibility index (Phi) is 4.17. The van der Waals surface area contributed by atoms with Gasteiger partial charge in [0, 0.05) is 28.5 Å². The van der Waals surface area contributed by atoms with E-state index in [4.69, 9.17) is 5.84 Å². The van der Waals surface area contributed by atoms with Gasteiger partial charge in [-0.3, -0.25) is 0 Å². The van der Waals surface area contributed by atoms with E-state index < -0.39 is 0 Å². The average Bonchev–Trinajstić information content (AvgIpc) is 2.39. The first-order valence-electron chi connectivity index (χ1n) is 5.63. The van der Waals surface area contributed by atoms with E-state index in [0.29, 0.717) is 5.82 Å². The van der Waals surface area contributed by atoms with Crippen LogP contribution in [0.15, 0.2) is 47.1 Å². The molecule has 1 unspecified atom stereocenters. The molecule has 4 N–H and O–H groups in total. The molecule has 0 saturated heterocycles. The molecule has 0 saturated carbocycles. The van der Waals surface area contributed by atoms with Gasteiger partial charge >= 0.3 is 0 Å². The number of hydrogen-bond acceptors (Lipinski definition) is 4. The summed E-state index contributed by atoms with van der Waals surface area (Å²) in [5, 5.41) is 3.40. The lowest BCUT2D eigenvalue weighted by atomic mass is 10.1. The Morgan fingerprint density at radius 1 is 1.22 bits per heavy atom. The first-order chi connectivity index (χ1) is 8.69. The van der Waals surface area contributed by atoms with Gasteiger partial charge in [0.15, 0.2) is 0 Å². The van der Waals surface area contributed by atoms with Crippen molar-refractivity contribution >= 4 is 27.4 Å². The van der Waals surface area contributed by atoms with Crippen LogP contribution in [0.1, 0.15) is 18.5 Å². The van der Waals surface area contributed by atoms with Crippen molar-refractivity contribution in [1.29, 1.82) is 0 Å². The van der Waals surface area contributed by atoms with Crippen LogP contribution in [-0.2, 0) is 0 Å². The molecule has 0 aliphatic heterocycles. The third kappa shape index (κ3) is 3.21. The number of benzene rings is 1. The van der Waals surface area contributed by atoms with Crippen molar-refractivity contribution in [3.63, 3.8) is 0 Å². The average molecular weight is 307 g/mol. The van der Waals surface area contributed by atoms with Crippen LogP contribution >= 0.6 is 15.9 Å². The van der Waals surface area contributed by atoms with Gasteiger partial charge in [0.2, 0.25) is 0 Å². The number of pyridine rings is 1. The first-order valence-corrected chi connectivity index (χ1v) is 6.43. The number of nitrogens with one attached hydrogen (secondary N) is 2. The minimum absolute atomic E-state index is 0.214. The summed E-state index contributed by atoms with van der Waals surface area (Å²) >= 11 is 3.43. The molecule has 0 spiro atoms. The lowest BCUT2D eigenvalue weighted by molar-refractivity contribution is 0.883. The highest BCUT2D eigenvalue weighted by Crippen LogP contribution is 2.21. The minimum Gasteiger partial charge on any atom is -0.378 e. The van der Waals surface area contributed by atoms with Gasteiger partial charge in [-0.1, -0.05) is 28.1 Å². The van der Waals surface area contributed by atoms with Crippen LogP contribution in [0.5, 0.6) is 0 Å². The van der Waals surface area contributed by atoms with E-state index in [2.05, 4.69) is 50.7 Å². The molecule has 18 heavy (non-hydrogen) atoms. The maximum absolute atomic E-state index is 5.33. The maximum atomic E-state index is 5.33. The minimum atomic E-state index is 0.214. The molecule has 2 rings (SSSR count). The number of hydrogen-bond donors (Lipinski definition) is 3. The van der Waals surface area contributed by atoms with Gasteiger partial charge in [-0.25, -0.2) is 10.8 Å². The van der Waals surface area contributed by atoms with E-state index >= 15 is 0 Å². The van der Waals surface area contributed by atoms with Crippen molar-refractivity contribution in [2.24, 2.45) is 5.84 Å². The van der Waals surface area contributed by atoms with Crippen LogP contribution in [-0.4, -0.2) is 4.98 Å². The zero-order valence-electron chi connectivity index (χ0n) is 10.0. The lowest BCUT2D eigenvalue weighted by Crippen LogP contribution is -2.10. The van der Waals surface area contributed by atoms with Crippen LogP contribution < -0.4 is 16.6 Å². The number of rotatable bonds is 4. The van der Waals surface area contributed by atoms with Crippen LogP contribution in [0.2, 0.25) is 0 Å². The fraction of sp³-hybridized carbons (Fsp3) is 0.154. The molecule has 1 heterocycles. The van der Waals surface area contributed by atoms with E-state index in [9.17, 15) is 0 Å². The molecule has 1 atom stereocenters. The zero-order chi connectivity index (χ0) is 13.0. The lowest BCUT2D eigenvalue weighted by Gasteiger charge is -2.16. The van der Waals surface area contributed by atoms with E-state index in [1.54, 1.807) is 6.20 Å². The van der Waals surface area contributed by atoms with Crippen molar-refractivity contribution in [1.82, 2.24) is 4.98 Å². The fourth-order valence-corrected chi connectivity index (χ4v) is 1.95. The second-order valence-electron chi connectivity index (χ2n) is 3.99. The molecule has 0 fully saturated rings. The number of hydrazine groups is 1. The molecule has 2 aromatic rings. The summed E-state index contributed by atoms with van der Waals surface area (Å²) in [5.41, 5.74) is 4.73. The Hall–Kier alpha value is -1.59. The quantitative estimate of drug-likeness (QED) is 0.599. The smallest absolute Gasteiger partial charge is 0.141 e. The molecule has 1 aromatic carbocycles. The van der Waals surface area contributed by atoms with E-state index in [1.807, 2.05) is 24.3 Å². The Morgan fingerprint density at radius 3 is 2.61 bits per heavy atom. The topological polar surface area (TPSA) is 63.0 Å². The standard InChI is InChI=1S/C13H15BrN4/c1-9(10-2-4-11(14)5-3-10)17-12-6-7-16-13(8-12)18-15/h2-9H,15H2,1H3,(H2,16,17,18). The molecular formula is C13H15BrN4. The van der Waals surface area contributed by atoms with Gasteiger partial charge in [0.25, 0.3) is 0 Å². The zero-order valence-corrected chi connectivity index (χ0v) is 11.6. The molecule has 0 bridgehead atoms. The second kappa shape index (κ2) is 5.84. The van der Waals surface area contributed by atoms with Crippen LogP contribution in [0, 0.1) is 0 Å². The summed E-state index contributed by atoms with van der Waals surface area (Å²) in [6.45, 7) is 2.11. The van der Waals surface area contributed by atoms with Gasteiger partial charge in [-0.2, -0.15) is 0 Å². The van der Waals surface area contributed by atoms with Gasteiger partial charge in [-0.05, 0) is 30.7 Å². The SMILES string of the molecule is CC(Nc1ccnc(NN)c1)c1ccc(Br)cc1. The summed E-state index contributed by atoms with van der Waals surface area (Å²) in [7, 11) is 0. The van der Waals surface area contributed by atoms with Crippen molar-refractivity contribution in [2.45, 2.75) is 13.0 Å². The van der Waals surface area contributed by atoms with Gasteiger partial charge in [-0.15, -0.1) is 0 Å². The molecule has 1 aromatic heterocycles. The van der Waals surface area contributed by atoms with Crippen LogP contribution in [0.3, 0.4) is 0 Å². The van der Waals surface area contributed by atoms with Gasteiger partial charge in [0.1, 0.15) is 5.82 Å². The molecule has 0 aliphatic carbocycles. The number of nitrogens with zero attached hydrogens (tertiary/aromatic N) is 1. The van der Waals surface area contributed by atoms with E-state index in [-0.39, 0.29) is 6.04 Å². The van der Waals surface area contributed by atoms with Crippen molar-refractivity contribution in [2.75, 3.05) is 10.7 Å². The Balaban J connectivity index is 2.10. The molecule has 0 aliphatic rings. The highest BCUT2D eigenvalue weighted by atomic mass is 79.9. The fourth-order valence-electron chi connectivity index (χ4n) is 1.68. The van der Waals surface area contributed by atoms with E-state index in [1.165, 1.54) is 5.56 Å². The second-order valence-corrected chi connectivity index (χ2v) is 4.91. The summed E-state index contributed by atoms with van der Waals surface area (Å²) in [6, 6.07) is 12.2.